The summed E-state index contributed by atoms with van der Waals surface area (Å²) < 4.78 is 12.6. The first-order chi connectivity index (χ1) is 11.1. The zero-order valence-electron chi connectivity index (χ0n) is 13.5. The number of nitrogens with zero attached hydrogens (tertiary/aromatic N) is 2. The molecule has 0 aliphatic rings. The van der Waals surface area contributed by atoms with E-state index in [1.165, 1.54) is 11.3 Å². The van der Waals surface area contributed by atoms with Crippen molar-refractivity contribution in [2.24, 2.45) is 7.05 Å². The highest BCUT2D eigenvalue weighted by Gasteiger charge is 2.20. The van der Waals surface area contributed by atoms with Gasteiger partial charge in [0.2, 0.25) is 0 Å². The lowest BCUT2D eigenvalue weighted by atomic mass is 10.1. The Bertz CT molecular complexity index is 879. The standard InChI is InChI=1S/C17H18N2O3S/c1-5-22-17(20)15-10(2)18-16(23-15)12-9-19(3)14-11(12)7-6-8-13(14)21-4/h6-9H,5H2,1-4H3. The van der Waals surface area contributed by atoms with Crippen LogP contribution < -0.4 is 4.74 Å². The van der Waals surface area contributed by atoms with Crippen LogP contribution in [0.25, 0.3) is 21.5 Å². The molecule has 6 heteroatoms. The minimum Gasteiger partial charge on any atom is -0.495 e. The molecular formula is C17H18N2O3S. The van der Waals surface area contributed by atoms with Crippen molar-refractivity contribution < 1.29 is 14.3 Å². The number of benzene rings is 1. The Balaban J connectivity index is 2.15. The normalized spacial score (nSPS) is 11.0. The number of thiazole rings is 1. The average Bonchev–Trinajstić information content (AvgIpc) is 3.08. The molecule has 0 saturated heterocycles. The third-order valence-corrected chi connectivity index (χ3v) is 4.84. The third-order valence-electron chi connectivity index (χ3n) is 3.67. The second-order valence-corrected chi connectivity index (χ2v) is 6.16. The van der Waals surface area contributed by atoms with Crippen LogP contribution in [0, 0.1) is 6.92 Å². The predicted molar refractivity (Wildman–Crippen MR) is 91.3 cm³/mol. The predicted octanol–water partition coefficient (Wildman–Crippen LogP) is 3.80. The van der Waals surface area contributed by atoms with Crippen LogP contribution in [0.5, 0.6) is 5.75 Å². The molecule has 0 spiro atoms. The highest BCUT2D eigenvalue weighted by Crippen LogP contribution is 2.37. The quantitative estimate of drug-likeness (QED) is 0.683. The molecule has 0 fully saturated rings. The molecule has 0 unspecified atom stereocenters. The van der Waals surface area contributed by atoms with E-state index >= 15 is 0 Å². The molecule has 0 bridgehead atoms. The van der Waals surface area contributed by atoms with E-state index in [-0.39, 0.29) is 5.97 Å². The van der Waals surface area contributed by atoms with E-state index in [9.17, 15) is 4.79 Å². The number of hydrogen-bond acceptors (Lipinski definition) is 5. The van der Waals surface area contributed by atoms with E-state index < -0.39 is 0 Å². The lowest BCUT2D eigenvalue weighted by molar-refractivity contribution is 0.0531. The van der Waals surface area contributed by atoms with E-state index in [2.05, 4.69) is 4.98 Å². The summed E-state index contributed by atoms with van der Waals surface area (Å²) in [5.41, 5.74) is 2.70. The maximum atomic E-state index is 12.0. The Morgan fingerprint density at radius 2 is 2.17 bits per heavy atom. The SMILES string of the molecule is CCOC(=O)c1sc(-c2cn(C)c3c(OC)cccc23)nc1C. The van der Waals surface area contributed by atoms with Crippen LogP contribution >= 0.6 is 11.3 Å². The summed E-state index contributed by atoms with van der Waals surface area (Å²) in [5, 5.41) is 1.86. The van der Waals surface area contributed by atoms with Gasteiger partial charge in [0.05, 0.1) is 24.9 Å². The molecule has 0 atom stereocenters. The Morgan fingerprint density at radius 3 is 2.87 bits per heavy atom. The number of esters is 1. The van der Waals surface area contributed by atoms with Gasteiger partial charge in [0.15, 0.2) is 0 Å². The van der Waals surface area contributed by atoms with Gasteiger partial charge in [-0.15, -0.1) is 11.3 Å². The van der Waals surface area contributed by atoms with Gasteiger partial charge in [0.25, 0.3) is 0 Å². The lowest BCUT2D eigenvalue weighted by Crippen LogP contribution is -2.03. The van der Waals surface area contributed by atoms with Gasteiger partial charge in [-0.3, -0.25) is 0 Å². The monoisotopic (exact) mass is 330 g/mol. The molecule has 0 amide bonds. The number of rotatable bonds is 4. The summed E-state index contributed by atoms with van der Waals surface area (Å²) in [6.45, 7) is 3.99. The fourth-order valence-electron chi connectivity index (χ4n) is 2.66. The van der Waals surface area contributed by atoms with E-state index in [1.807, 2.05) is 42.9 Å². The topological polar surface area (TPSA) is 53.4 Å². The first-order valence-corrected chi connectivity index (χ1v) is 8.15. The van der Waals surface area contributed by atoms with Gasteiger partial charge in [-0.2, -0.15) is 0 Å². The minimum absolute atomic E-state index is 0.313. The van der Waals surface area contributed by atoms with E-state index in [0.717, 1.165) is 27.2 Å². The maximum Gasteiger partial charge on any atom is 0.350 e. The van der Waals surface area contributed by atoms with Gasteiger partial charge >= 0.3 is 5.97 Å². The molecule has 23 heavy (non-hydrogen) atoms. The fourth-order valence-corrected chi connectivity index (χ4v) is 3.65. The number of hydrogen-bond donors (Lipinski definition) is 0. The van der Waals surface area contributed by atoms with E-state index in [4.69, 9.17) is 9.47 Å². The number of aromatic nitrogens is 2. The van der Waals surface area contributed by atoms with Crippen molar-refractivity contribution >= 4 is 28.2 Å². The Hall–Kier alpha value is -2.34. The first kappa shape index (κ1) is 15.6. The number of ether oxygens (including phenoxy) is 2. The maximum absolute atomic E-state index is 12.0. The van der Waals surface area contributed by atoms with Gasteiger partial charge in [-0.25, -0.2) is 9.78 Å². The zero-order valence-corrected chi connectivity index (χ0v) is 14.4. The molecule has 2 aromatic heterocycles. The molecule has 2 heterocycles. The number of fused-ring (bicyclic) bond motifs is 1. The molecule has 1 aromatic carbocycles. The number of para-hydroxylation sites is 1. The van der Waals surface area contributed by atoms with Crippen LogP contribution in [0.4, 0.5) is 0 Å². The Morgan fingerprint density at radius 1 is 1.39 bits per heavy atom. The van der Waals surface area contributed by atoms with E-state index in [0.29, 0.717) is 17.2 Å². The van der Waals surface area contributed by atoms with Crippen molar-refractivity contribution in [3.05, 3.63) is 35.0 Å². The van der Waals surface area contributed by atoms with Crippen LogP contribution in [0.15, 0.2) is 24.4 Å². The molecule has 0 aliphatic heterocycles. The van der Waals surface area contributed by atoms with Crippen LogP contribution in [-0.4, -0.2) is 29.2 Å². The average molecular weight is 330 g/mol. The van der Waals surface area contributed by atoms with E-state index in [1.54, 1.807) is 14.0 Å². The minimum atomic E-state index is -0.313. The van der Waals surface area contributed by atoms with Crippen LogP contribution in [0.1, 0.15) is 22.3 Å². The number of aryl methyl sites for hydroxylation is 2. The summed E-state index contributed by atoms with van der Waals surface area (Å²) in [6.07, 6.45) is 2.01. The molecule has 0 radical (unpaired) electrons. The van der Waals surface area contributed by atoms with Gasteiger partial charge in [-0.05, 0) is 19.9 Å². The molecule has 0 saturated carbocycles. The number of methoxy groups -OCH3 is 1. The van der Waals surface area contributed by atoms with Crippen molar-refractivity contribution in [2.75, 3.05) is 13.7 Å². The zero-order chi connectivity index (χ0) is 16.6. The molecule has 120 valence electrons. The second kappa shape index (κ2) is 6.04. The van der Waals surface area contributed by atoms with Crippen LogP contribution in [0.3, 0.4) is 0 Å². The third kappa shape index (κ3) is 2.59. The number of carbonyl (C=O) groups excluding carboxylic acids is 1. The Kier molecular flexibility index (Phi) is 4.09. The van der Waals surface area contributed by atoms with Gasteiger partial charge in [0.1, 0.15) is 15.6 Å². The Labute approximate surface area is 138 Å². The molecule has 0 N–H and O–H groups in total. The second-order valence-electron chi connectivity index (χ2n) is 5.16. The van der Waals surface area contributed by atoms with Crippen molar-refractivity contribution in [3.8, 4) is 16.3 Å². The van der Waals surface area contributed by atoms with Gasteiger partial charge in [-0.1, -0.05) is 12.1 Å². The molecular weight excluding hydrogens is 312 g/mol. The summed E-state index contributed by atoms with van der Waals surface area (Å²) in [4.78, 5) is 17.1. The van der Waals surface area contributed by atoms with Crippen LogP contribution in [-0.2, 0) is 11.8 Å². The number of carbonyl (C=O) groups is 1. The molecule has 0 aliphatic carbocycles. The summed E-state index contributed by atoms with van der Waals surface area (Å²) in [7, 11) is 3.63. The van der Waals surface area contributed by atoms with Crippen molar-refractivity contribution in [2.45, 2.75) is 13.8 Å². The smallest absolute Gasteiger partial charge is 0.350 e. The molecule has 3 rings (SSSR count). The summed E-state index contributed by atoms with van der Waals surface area (Å²) >= 11 is 1.36. The van der Waals surface area contributed by atoms with Crippen molar-refractivity contribution in [1.82, 2.24) is 9.55 Å². The van der Waals surface area contributed by atoms with Crippen LogP contribution in [0.2, 0.25) is 0 Å². The lowest BCUT2D eigenvalue weighted by Gasteiger charge is -2.03. The van der Waals surface area contributed by atoms with Gasteiger partial charge < -0.3 is 14.0 Å². The van der Waals surface area contributed by atoms with Crippen molar-refractivity contribution in [3.63, 3.8) is 0 Å². The summed E-state index contributed by atoms with van der Waals surface area (Å²) in [6, 6.07) is 5.93. The largest absolute Gasteiger partial charge is 0.495 e. The van der Waals surface area contributed by atoms with Crippen molar-refractivity contribution in [1.29, 1.82) is 0 Å². The highest BCUT2D eigenvalue weighted by atomic mass is 32.1. The fraction of sp³-hybridized carbons (Fsp3) is 0.294. The first-order valence-electron chi connectivity index (χ1n) is 7.33. The molecule has 3 aromatic rings. The summed E-state index contributed by atoms with van der Waals surface area (Å²) in [5.74, 6) is 0.502. The molecule has 5 nitrogen and oxygen atoms in total. The van der Waals surface area contributed by atoms with Gasteiger partial charge in [0, 0.05) is 24.2 Å². The highest BCUT2D eigenvalue weighted by molar-refractivity contribution is 7.17.